The number of nitrogen functional groups attached to an aromatic ring is 1. The van der Waals surface area contributed by atoms with Crippen LogP contribution in [-0.4, -0.2) is 19.3 Å². The van der Waals surface area contributed by atoms with Crippen LogP contribution < -0.4 is 5.73 Å². The minimum absolute atomic E-state index is 0.275. The summed E-state index contributed by atoms with van der Waals surface area (Å²) in [6.45, 7) is 0.542. The molecule has 0 amide bonds. The Bertz CT molecular complexity index is 397. The smallest absolute Gasteiger partial charge is 0.0735 e. The molecule has 2 N–H and O–H groups in total. The highest BCUT2D eigenvalue weighted by Gasteiger charge is 2.22. The molecular weight excluding hydrogens is 250 g/mol. The largest absolute Gasteiger partial charge is 0.399 e. The highest BCUT2D eigenvalue weighted by Crippen LogP contribution is 2.26. The van der Waals surface area contributed by atoms with Crippen LogP contribution in [-0.2, 0) is 16.1 Å². The summed E-state index contributed by atoms with van der Waals surface area (Å²) >= 11 is 6.12. The number of anilines is 1. The van der Waals surface area contributed by atoms with Crippen LogP contribution in [0.15, 0.2) is 18.2 Å². The van der Waals surface area contributed by atoms with Crippen LogP contribution in [0.2, 0.25) is 5.02 Å². The van der Waals surface area contributed by atoms with Gasteiger partial charge in [-0.3, -0.25) is 0 Å². The summed E-state index contributed by atoms with van der Waals surface area (Å²) in [6.07, 6.45) is 5.00. The zero-order chi connectivity index (χ0) is 13.0. The van der Waals surface area contributed by atoms with Crippen molar-refractivity contribution in [2.24, 2.45) is 0 Å². The molecule has 0 heterocycles. The lowest BCUT2D eigenvalue weighted by Gasteiger charge is -2.28. The maximum absolute atomic E-state index is 6.12. The van der Waals surface area contributed by atoms with Gasteiger partial charge in [-0.2, -0.15) is 0 Å². The number of halogens is 1. The van der Waals surface area contributed by atoms with E-state index in [9.17, 15) is 0 Å². The summed E-state index contributed by atoms with van der Waals surface area (Å²) in [5, 5.41) is 0.675. The monoisotopic (exact) mass is 269 g/mol. The van der Waals surface area contributed by atoms with Crippen molar-refractivity contribution in [3.05, 3.63) is 28.8 Å². The lowest BCUT2D eigenvalue weighted by Crippen LogP contribution is -2.27. The predicted molar refractivity (Wildman–Crippen MR) is 73.7 cm³/mol. The third-order valence-electron chi connectivity index (χ3n) is 3.46. The van der Waals surface area contributed by atoms with Crippen molar-refractivity contribution in [3.63, 3.8) is 0 Å². The molecule has 1 aliphatic carbocycles. The third kappa shape index (κ3) is 3.61. The van der Waals surface area contributed by atoms with Crippen LogP contribution in [0, 0.1) is 0 Å². The molecule has 2 unspecified atom stereocenters. The van der Waals surface area contributed by atoms with Crippen molar-refractivity contribution >= 4 is 17.3 Å². The summed E-state index contributed by atoms with van der Waals surface area (Å²) < 4.78 is 11.3. The van der Waals surface area contributed by atoms with Gasteiger partial charge in [-0.25, -0.2) is 0 Å². The van der Waals surface area contributed by atoms with Gasteiger partial charge in [-0.15, -0.1) is 0 Å². The van der Waals surface area contributed by atoms with Gasteiger partial charge < -0.3 is 15.2 Å². The first-order chi connectivity index (χ1) is 8.69. The first-order valence-corrected chi connectivity index (χ1v) is 6.75. The SMILES string of the molecule is COC1CCCC(OCc2ccc(N)cc2Cl)C1. The first kappa shape index (κ1) is 13.7. The average molecular weight is 270 g/mol. The van der Waals surface area contributed by atoms with Gasteiger partial charge in [-0.05, 0) is 43.4 Å². The number of ether oxygens (including phenoxy) is 2. The normalized spacial score (nSPS) is 24.1. The molecule has 0 aromatic heterocycles. The van der Waals surface area contributed by atoms with Gasteiger partial charge in [0.05, 0.1) is 18.8 Å². The van der Waals surface area contributed by atoms with E-state index in [1.165, 1.54) is 6.42 Å². The van der Waals surface area contributed by atoms with Gasteiger partial charge in [0.2, 0.25) is 0 Å². The van der Waals surface area contributed by atoms with E-state index in [1.54, 1.807) is 13.2 Å². The summed E-state index contributed by atoms with van der Waals surface area (Å²) in [7, 11) is 1.77. The van der Waals surface area contributed by atoms with E-state index >= 15 is 0 Å². The van der Waals surface area contributed by atoms with Crippen molar-refractivity contribution < 1.29 is 9.47 Å². The van der Waals surface area contributed by atoms with Gasteiger partial charge in [-0.1, -0.05) is 17.7 Å². The van der Waals surface area contributed by atoms with E-state index in [0.717, 1.165) is 24.8 Å². The summed E-state index contributed by atoms with van der Waals surface area (Å²) in [5.41, 5.74) is 7.33. The Balaban J connectivity index is 1.87. The molecule has 1 aromatic rings. The number of hydrogen-bond donors (Lipinski definition) is 1. The van der Waals surface area contributed by atoms with E-state index in [0.29, 0.717) is 23.4 Å². The Hall–Kier alpha value is -0.770. The third-order valence-corrected chi connectivity index (χ3v) is 3.81. The molecule has 4 heteroatoms. The van der Waals surface area contributed by atoms with Crippen LogP contribution in [0.5, 0.6) is 0 Å². The molecule has 1 fully saturated rings. The van der Waals surface area contributed by atoms with Crippen molar-refractivity contribution in [2.45, 2.75) is 44.5 Å². The Morgan fingerprint density at radius 1 is 1.33 bits per heavy atom. The van der Waals surface area contributed by atoms with Crippen molar-refractivity contribution in [2.75, 3.05) is 12.8 Å². The second kappa shape index (κ2) is 6.41. The van der Waals surface area contributed by atoms with E-state index in [1.807, 2.05) is 12.1 Å². The molecule has 100 valence electrons. The minimum atomic E-state index is 0.275. The van der Waals surface area contributed by atoms with Gasteiger partial charge in [0, 0.05) is 17.8 Å². The van der Waals surface area contributed by atoms with Crippen LogP contribution >= 0.6 is 11.6 Å². The van der Waals surface area contributed by atoms with Crippen molar-refractivity contribution in [1.82, 2.24) is 0 Å². The molecule has 1 saturated carbocycles. The van der Waals surface area contributed by atoms with E-state index in [4.69, 9.17) is 26.8 Å². The molecule has 18 heavy (non-hydrogen) atoms. The number of methoxy groups -OCH3 is 1. The highest BCUT2D eigenvalue weighted by atomic mass is 35.5. The Kier molecular flexibility index (Phi) is 4.87. The number of nitrogens with two attached hydrogens (primary N) is 1. The fourth-order valence-electron chi connectivity index (χ4n) is 2.36. The van der Waals surface area contributed by atoms with Crippen molar-refractivity contribution in [1.29, 1.82) is 0 Å². The molecular formula is C14H20ClNO2. The molecule has 2 atom stereocenters. The highest BCUT2D eigenvalue weighted by molar-refractivity contribution is 6.31. The molecule has 2 rings (SSSR count). The van der Waals surface area contributed by atoms with Crippen molar-refractivity contribution in [3.8, 4) is 0 Å². The maximum Gasteiger partial charge on any atom is 0.0735 e. The number of benzene rings is 1. The van der Waals surface area contributed by atoms with Gasteiger partial charge >= 0.3 is 0 Å². The number of rotatable bonds is 4. The maximum atomic E-state index is 6.12. The van der Waals surface area contributed by atoms with Crippen LogP contribution in [0.3, 0.4) is 0 Å². The molecule has 1 aliphatic rings. The Morgan fingerprint density at radius 3 is 2.83 bits per heavy atom. The summed E-state index contributed by atoms with van der Waals surface area (Å²) in [6, 6.07) is 5.54. The second-order valence-electron chi connectivity index (χ2n) is 4.81. The molecule has 3 nitrogen and oxygen atoms in total. The molecule has 0 radical (unpaired) electrons. The lowest BCUT2D eigenvalue weighted by atomic mass is 9.95. The topological polar surface area (TPSA) is 44.5 Å². The van der Waals surface area contributed by atoms with Gasteiger partial charge in [0.15, 0.2) is 0 Å². The minimum Gasteiger partial charge on any atom is -0.399 e. The zero-order valence-electron chi connectivity index (χ0n) is 10.7. The molecule has 0 saturated heterocycles. The summed E-state index contributed by atoms with van der Waals surface area (Å²) in [4.78, 5) is 0. The zero-order valence-corrected chi connectivity index (χ0v) is 11.5. The Labute approximate surface area is 113 Å². The summed E-state index contributed by atoms with van der Waals surface area (Å²) in [5.74, 6) is 0. The number of hydrogen-bond acceptors (Lipinski definition) is 3. The van der Waals surface area contributed by atoms with E-state index < -0.39 is 0 Å². The predicted octanol–water partition coefficient (Wildman–Crippen LogP) is 3.40. The quantitative estimate of drug-likeness (QED) is 0.852. The molecule has 0 spiro atoms. The average Bonchev–Trinajstić information content (AvgIpc) is 2.38. The Morgan fingerprint density at radius 2 is 2.11 bits per heavy atom. The molecule has 1 aromatic carbocycles. The fraction of sp³-hybridized carbons (Fsp3) is 0.571. The molecule has 0 bridgehead atoms. The fourth-order valence-corrected chi connectivity index (χ4v) is 2.60. The van der Waals surface area contributed by atoms with Crippen LogP contribution in [0.1, 0.15) is 31.2 Å². The van der Waals surface area contributed by atoms with Gasteiger partial charge in [0.1, 0.15) is 0 Å². The lowest BCUT2D eigenvalue weighted by molar-refractivity contribution is -0.0363. The standard InChI is InChI=1S/C14H20ClNO2/c1-17-12-3-2-4-13(8-12)18-9-10-5-6-11(16)7-14(10)15/h5-7,12-13H,2-4,8-9,16H2,1H3. The van der Waals surface area contributed by atoms with Gasteiger partial charge in [0.25, 0.3) is 0 Å². The second-order valence-corrected chi connectivity index (χ2v) is 5.22. The van der Waals surface area contributed by atoms with E-state index in [2.05, 4.69) is 0 Å². The van der Waals surface area contributed by atoms with Crippen LogP contribution in [0.25, 0.3) is 0 Å². The molecule has 0 aliphatic heterocycles. The first-order valence-electron chi connectivity index (χ1n) is 6.37. The van der Waals surface area contributed by atoms with Crippen LogP contribution in [0.4, 0.5) is 5.69 Å². The van der Waals surface area contributed by atoms with E-state index in [-0.39, 0.29) is 6.10 Å².